The van der Waals surface area contributed by atoms with Gasteiger partial charge in [0.2, 0.25) is 0 Å². The highest BCUT2D eigenvalue weighted by atomic mass is 35.5. The molecule has 2 heterocycles. The molecule has 0 aliphatic carbocycles. The fraction of sp³-hybridized carbons (Fsp3) is 0.278. The van der Waals surface area contributed by atoms with E-state index in [1.165, 1.54) is 22.4 Å². The molecular formula is C18H20Cl2N4O3S. The third kappa shape index (κ3) is 3.78. The van der Waals surface area contributed by atoms with Crippen LogP contribution < -0.4 is 16.9 Å². The lowest BCUT2D eigenvalue weighted by Gasteiger charge is -2.33. The van der Waals surface area contributed by atoms with Crippen molar-refractivity contribution in [2.45, 2.75) is 25.4 Å². The SMILES string of the molecule is CC(C)(CO)Nc1cc2c(s1)C=C(C(N)=O)N(N)C2c1cc(O)c(Cl)c(Cl)c1. The first-order chi connectivity index (χ1) is 13.0. The lowest BCUT2D eigenvalue weighted by Crippen LogP contribution is -2.41. The maximum absolute atomic E-state index is 11.9. The third-order valence-corrected chi connectivity index (χ3v) is 6.17. The van der Waals surface area contributed by atoms with Gasteiger partial charge in [0.25, 0.3) is 5.91 Å². The molecule has 150 valence electrons. The van der Waals surface area contributed by atoms with E-state index in [1.807, 2.05) is 19.9 Å². The van der Waals surface area contributed by atoms with Crippen LogP contribution in [0.25, 0.3) is 6.08 Å². The zero-order valence-corrected chi connectivity index (χ0v) is 17.5. The molecule has 1 unspecified atom stereocenters. The summed E-state index contributed by atoms with van der Waals surface area (Å²) in [6, 6.07) is 4.31. The van der Waals surface area contributed by atoms with Gasteiger partial charge < -0.3 is 21.3 Å². The Morgan fingerprint density at radius 3 is 2.61 bits per heavy atom. The van der Waals surface area contributed by atoms with Gasteiger partial charge in [-0.25, -0.2) is 5.84 Å². The van der Waals surface area contributed by atoms with Crippen molar-refractivity contribution >= 4 is 51.5 Å². The van der Waals surface area contributed by atoms with Crippen LogP contribution in [-0.2, 0) is 4.79 Å². The Morgan fingerprint density at radius 1 is 1.36 bits per heavy atom. The second-order valence-corrected chi connectivity index (χ2v) is 9.01. The summed E-state index contributed by atoms with van der Waals surface area (Å²) >= 11 is 13.5. The molecular weight excluding hydrogens is 423 g/mol. The van der Waals surface area contributed by atoms with Crippen molar-refractivity contribution in [2.75, 3.05) is 11.9 Å². The number of halogens is 2. The number of thiophene rings is 1. The van der Waals surface area contributed by atoms with Crippen molar-refractivity contribution in [1.29, 1.82) is 0 Å². The minimum atomic E-state index is -0.680. The number of fused-ring (bicyclic) bond motifs is 1. The topological polar surface area (TPSA) is 125 Å². The maximum Gasteiger partial charge on any atom is 0.266 e. The fourth-order valence-corrected chi connectivity index (χ4v) is 4.50. The van der Waals surface area contributed by atoms with Gasteiger partial charge >= 0.3 is 0 Å². The number of nitrogens with one attached hydrogen (secondary N) is 1. The van der Waals surface area contributed by atoms with Crippen LogP contribution in [-0.4, -0.2) is 33.3 Å². The van der Waals surface area contributed by atoms with E-state index >= 15 is 0 Å². The van der Waals surface area contributed by atoms with Gasteiger partial charge in [0, 0.05) is 10.4 Å². The fourth-order valence-electron chi connectivity index (χ4n) is 2.96. The third-order valence-electron chi connectivity index (χ3n) is 4.37. The zero-order valence-electron chi connectivity index (χ0n) is 15.2. The molecule has 28 heavy (non-hydrogen) atoms. The summed E-state index contributed by atoms with van der Waals surface area (Å²) in [6.07, 6.45) is 1.62. The van der Waals surface area contributed by atoms with Crippen LogP contribution >= 0.6 is 34.5 Å². The van der Waals surface area contributed by atoms with Crippen molar-refractivity contribution in [3.8, 4) is 5.75 Å². The van der Waals surface area contributed by atoms with Crippen LogP contribution in [0.15, 0.2) is 23.9 Å². The number of aliphatic hydroxyl groups excluding tert-OH is 1. The Morgan fingerprint density at radius 2 is 2.04 bits per heavy atom. The first-order valence-corrected chi connectivity index (χ1v) is 9.87. The van der Waals surface area contributed by atoms with Gasteiger partial charge in [0.15, 0.2) is 0 Å². The van der Waals surface area contributed by atoms with Crippen molar-refractivity contribution in [2.24, 2.45) is 11.6 Å². The first-order valence-electron chi connectivity index (χ1n) is 8.30. The van der Waals surface area contributed by atoms with Gasteiger partial charge in [-0.15, -0.1) is 11.3 Å². The van der Waals surface area contributed by atoms with Crippen LogP contribution in [0.1, 0.15) is 35.9 Å². The molecule has 1 atom stereocenters. The second kappa shape index (κ2) is 7.46. The molecule has 0 saturated heterocycles. The van der Waals surface area contributed by atoms with Gasteiger partial charge in [-0.2, -0.15) is 0 Å². The molecule has 7 N–H and O–H groups in total. The summed E-state index contributed by atoms with van der Waals surface area (Å²) in [4.78, 5) is 12.7. The quantitative estimate of drug-likeness (QED) is 0.453. The molecule has 0 bridgehead atoms. The lowest BCUT2D eigenvalue weighted by molar-refractivity contribution is -0.116. The van der Waals surface area contributed by atoms with Crippen molar-refractivity contribution < 1.29 is 15.0 Å². The first kappa shape index (κ1) is 20.8. The second-order valence-electron chi connectivity index (χ2n) is 7.14. The number of anilines is 1. The number of phenolic OH excluding ortho intramolecular Hbond substituents is 1. The number of hydrogen-bond donors (Lipinski definition) is 5. The largest absolute Gasteiger partial charge is 0.506 e. The predicted octanol–water partition coefficient (Wildman–Crippen LogP) is 3.05. The van der Waals surface area contributed by atoms with Crippen LogP contribution in [0, 0.1) is 0 Å². The minimum Gasteiger partial charge on any atom is -0.506 e. The van der Waals surface area contributed by atoms with Gasteiger partial charge in [0.1, 0.15) is 16.5 Å². The average Bonchev–Trinajstić information content (AvgIpc) is 2.99. The van der Waals surface area contributed by atoms with Crippen molar-refractivity contribution in [3.63, 3.8) is 0 Å². The number of aliphatic hydroxyl groups is 1. The van der Waals surface area contributed by atoms with Crippen LogP contribution in [0.3, 0.4) is 0 Å². The van der Waals surface area contributed by atoms with E-state index in [4.69, 9.17) is 34.8 Å². The summed E-state index contributed by atoms with van der Waals surface area (Å²) in [5.74, 6) is 5.35. The minimum absolute atomic E-state index is 0.0352. The molecule has 0 spiro atoms. The maximum atomic E-state index is 11.9. The number of aromatic hydroxyl groups is 1. The Kier molecular flexibility index (Phi) is 5.53. The van der Waals surface area contributed by atoms with E-state index in [2.05, 4.69) is 5.32 Å². The Hall–Kier alpha value is -1.97. The van der Waals surface area contributed by atoms with Crippen molar-refractivity contribution in [1.82, 2.24) is 5.01 Å². The number of rotatable bonds is 5. The zero-order chi connectivity index (χ0) is 20.8. The highest BCUT2D eigenvalue weighted by Crippen LogP contribution is 2.45. The van der Waals surface area contributed by atoms with Crippen LogP contribution in [0.5, 0.6) is 5.75 Å². The molecule has 2 aromatic rings. The number of hydrogen-bond acceptors (Lipinski definition) is 7. The van der Waals surface area contributed by atoms with Gasteiger partial charge in [-0.05, 0) is 43.7 Å². The summed E-state index contributed by atoms with van der Waals surface area (Å²) in [6.45, 7) is 3.66. The molecule has 1 aliphatic heterocycles. The summed E-state index contributed by atoms with van der Waals surface area (Å²) < 4.78 is 0. The van der Waals surface area contributed by atoms with Crippen LogP contribution in [0.4, 0.5) is 5.00 Å². The molecule has 1 aliphatic rings. The summed E-state index contributed by atoms with van der Waals surface area (Å²) in [5.41, 5.74) is 6.43. The molecule has 10 heteroatoms. The Labute approximate surface area is 176 Å². The monoisotopic (exact) mass is 442 g/mol. The predicted molar refractivity (Wildman–Crippen MR) is 112 cm³/mol. The Balaban J connectivity index is 2.15. The molecule has 1 aromatic heterocycles. The molecule has 0 radical (unpaired) electrons. The van der Waals surface area contributed by atoms with E-state index in [9.17, 15) is 15.0 Å². The number of phenols is 1. The van der Waals surface area contributed by atoms with E-state index in [0.29, 0.717) is 5.56 Å². The number of benzene rings is 1. The Bertz CT molecular complexity index is 951. The van der Waals surface area contributed by atoms with Gasteiger partial charge in [-0.1, -0.05) is 23.2 Å². The number of hydrazine groups is 1. The summed E-state index contributed by atoms with van der Waals surface area (Å²) in [7, 11) is 0. The van der Waals surface area contributed by atoms with Crippen molar-refractivity contribution in [3.05, 3.63) is 49.9 Å². The average molecular weight is 443 g/mol. The van der Waals surface area contributed by atoms with Gasteiger partial charge in [0.05, 0.1) is 28.2 Å². The molecule has 3 rings (SSSR count). The number of nitrogens with zero attached hydrogens (tertiary/aromatic N) is 1. The molecule has 1 aromatic carbocycles. The number of primary amides is 1. The molecule has 1 amide bonds. The normalized spacial score (nSPS) is 16.6. The number of amides is 1. The standard InChI is InChI=1S/C18H20Cl2N4O3S/c1-18(2,7-25)23-14-5-9-13(28-14)6-11(17(21)27)24(22)16(9)8-3-10(19)15(20)12(26)4-8/h3-6,16,23,25-26H,7,22H2,1-2H3,(H2,21,27). The molecule has 7 nitrogen and oxygen atoms in total. The van der Waals surface area contributed by atoms with E-state index < -0.39 is 17.5 Å². The van der Waals surface area contributed by atoms with Crippen LogP contribution in [0.2, 0.25) is 10.0 Å². The van der Waals surface area contributed by atoms with E-state index in [-0.39, 0.29) is 28.1 Å². The smallest absolute Gasteiger partial charge is 0.266 e. The van der Waals surface area contributed by atoms with E-state index in [1.54, 1.807) is 12.1 Å². The summed E-state index contributed by atoms with van der Waals surface area (Å²) in [5, 5.41) is 25.1. The number of carbonyl (C=O) groups excluding carboxylic acids is 1. The number of nitrogens with two attached hydrogens (primary N) is 2. The molecule has 0 saturated carbocycles. The number of carbonyl (C=O) groups is 1. The lowest BCUT2D eigenvalue weighted by atomic mass is 9.94. The highest BCUT2D eigenvalue weighted by molar-refractivity contribution is 7.17. The highest BCUT2D eigenvalue weighted by Gasteiger charge is 2.33. The van der Waals surface area contributed by atoms with E-state index in [0.717, 1.165) is 15.4 Å². The van der Waals surface area contributed by atoms with Gasteiger partial charge in [-0.3, -0.25) is 9.80 Å². The molecule has 0 fully saturated rings.